The van der Waals surface area contributed by atoms with Gasteiger partial charge in [0.05, 0.1) is 6.61 Å². The molecule has 0 heterocycles. The third kappa shape index (κ3) is 6.51. The van der Waals surface area contributed by atoms with E-state index >= 15 is 0 Å². The molecule has 0 spiro atoms. The van der Waals surface area contributed by atoms with E-state index in [1.807, 2.05) is 19.1 Å². The molecule has 2 N–H and O–H groups in total. The molecule has 0 aliphatic heterocycles. The number of aromatic hydroxyl groups is 1. The number of nitrogens with one attached hydrogen (secondary N) is 1. The van der Waals surface area contributed by atoms with Gasteiger partial charge in [-0.3, -0.25) is 0 Å². The van der Waals surface area contributed by atoms with E-state index in [0.717, 1.165) is 12.0 Å². The molecule has 0 saturated carbocycles. The number of alkyl halides is 2. The Hall–Kier alpha value is -1.20. The van der Waals surface area contributed by atoms with Crippen molar-refractivity contribution in [3.05, 3.63) is 29.8 Å². The zero-order valence-electron chi connectivity index (χ0n) is 10.4. The van der Waals surface area contributed by atoms with Gasteiger partial charge in [0.1, 0.15) is 12.4 Å². The van der Waals surface area contributed by atoms with Crippen LogP contribution in [0.4, 0.5) is 8.78 Å². The van der Waals surface area contributed by atoms with Gasteiger partial charge < -0.3 is 15.2 Å². The predicted molar refractivity (Wildman–Crippen MR) is 66.1 cm³/mol. The topological polar surface area (TPSA) is 41.5 Å². The first-order chi connectivity index (χ1) is 8.58. The largest absolute Gasteiger partial charge is 0.508 e. The van der Waals surface area contributed by atoms with E-state index in [1.54, 1.807) is 12.1 Å². The van der Waals surface area contributed by atoms with Gasteiger partial charge in [-0.2, -0.15) is 0 Å². The van der Waals surface area contributed by atoms with Gasteiger partial charge in [0.25, 0.3) is 6.43 Å². The molecular formula is C13H19F2NO2. The van der Waals surface area contributed by atoms with Crippen LogP contribution in [0.1, 0.15) is 12.5 Å². The lowest BCUT2D eigenvalue weighted by Crippen LogP contribution is -2.31. The number of phenolic OH excluding ortho intramolecular Hbond substituents is 1. The summed E-state index contributed by atoms with van der Waals surface area (Å²) >= 11 is 0. The van der Waals surface area contributed by atoms with Crippen LogP contribution in [-0.2, 0) is 11.2 Å². The molecule has 1 unspecified atom stereocenters. The molecule has 1 aromatic rings. The van der Waals surface area contributed by atoms with Crippen LogP contribution >= 0.6 is 0 Å². The molecule has 3 nitrogen and oxygen atoms in total. The fourth-order valence-corrected chi connectivity index (χ4v) is 1.61. The van der Waals surface area contributed by atoms with Crippen LogP contribution in [0, 0.1) is 0 Å². The summed E-state index contributed by atoms with van der Waals surface area (Å²) in [4.78, 5) is 0. The molecule has 5 heteroatoms. The van der Waals surface area contributed by atoms with E-state index in [-0.39, 0.29) is 18.4 Å². The summed E-state index contributed by atoms with van der Waals surface area (Å²) in [6.45, 7) is 2.34. The highest BCUT2D eigenvalue weighted by Gasteiger charge is 2.04. The number of ether oxygens (including phenoxy) is 1. The highest BCUT2D eigenvalue weighted by Crippen LogP contribution is 2.11. The van der Waals surface area contributed by atoms with Crippen LogP contribution in [0.2, 0.25) is 0 Å². The number of hydrogen-bond acceptors (Lipinski definition) is 3. The SMILES string of the molecule is CC(Cc1ccc(O)cc1)NCCOCC(F)F. The summed E-state index contributed by atoms with van der Waals surface area (Å²) in [7, 11) is 0. The van der Waals surface area contributed by atoms with Crippen LogP contribution in [0.3, 0.4) is 0 Å². The average molecular weight is 259 g/mol. The first kappa shape index (κ1) is 14.9. The van der Waals surface area contributed by atoms with Crippen molar-refractivity contribution in [2.45, 2.75) is 25.8 Å². The summed E-state index contributed by atoms with van der Waals surface area (Å²) in [5, 5.41) is 12.3. The molecule has 18 heavy (non-hydrogen) atoms. The first-order valence-corrected chi connectivity index (χ1v) is 5.95. The fraction of sp³-hybridized carbons (Fsp3) is 0.538. The van der Waals surface area contributed by atoms with E-state index in [2.05, 4.69) is 5.32 Å². The quantitative estimate of drug-likeness (QED) is 0.703. The molecule has 102 valence electrons. The van der Waals surface area contributed by atoms with Crippen molar-refractivity contribution in [2.24, 2.45) is 0 Å². The van der Waals surface area contributed by atoms with E-state index in [0.29, 0.717) is 6.54 Å². The van der Waals surface area contributed by atoms with Gasteiger partial charge in [0.15, 0.2) is 0 Å². The maximum atomic E-state index is 11.8. The Morgan fingerprint density at radius 1 is 1.28 bits per heavy atom. The van der Waals surface area contributed by atoms with Crippen molar-refractivity contribution in [3.8, 4) is 5.75 Å². The molecule has 0 bridgehead atoms. The molecule has 0 radical (unpaired) electrons. The summed E-state index contributed by atoms with van der Waals surface area (Å²) in [5.41, 5.74) is 1.11. The Morgan fingerprint density at radius 3 is 2.56 bits per heavy atom. The van der Waals surface area contributed by atoms with Crippen molar-refractivity contribution >= 4 is 0 Å². The Bertz CT molecular complexity index is 330. The van der Waals surface area contributed by atoms with Gasteiger partial charge >= 0.3 is 0 Å². The minimum Gasteiger partial charge on any atom is -0.508 e. The van der Waals surface area contributed by atoms with Crippen LogP contribution in [0.5, 0.6) is 5.75 Å². The lowest BCUT2D eigenvalue weighted by molar-refractivity contribution is 0.0183. The van der Waals surface area contributed by atoms with E-state index in [9.17, 15) is 8.78 Å². The lowest BCUT2D eigenvalue weighted by atomic mass is 10.1. The average Bonchev–Trinajstić information content (AvgIpc) is 2.31. The van der Waals surface area contributed by atoms with Gasteiger partial charge in [0.2, 0.25) is 0 Å². The lowest BCUT2D eigenvalue weighted by Gasteiger charge is -2.14. The van der Waals surface area contributed by atoms with Crippen molar-refractivity contribution in [3.63, 3.8) is 0 Å². The van der Waals surface area contributed by atoms with Gasteiger partial charge in [0, 0.05) is 12.6 Å². The third-order valence-corrected chi connectivity index (χ3v) is 2.46. The molecule has 0 fully saturated rings. The van der Waals surface area contributed by atoms with Gasteiger partial charge in [-0.25, -0.2) is 8.78 Å². The van der Waals surface area contributed by atoms with E-state index < -0.39 is 13.0 Å². The Morgan fingerprint density at radius 2 is 1.94 bits per heavy atom. The van der Waals surface area contributed by atoms with E-state index in [1.165, 1.54) is 0 Å². The van der Waals surface area contributed by atoms with Crippen LogP contribution in [0.25, 0.3) is 0 Å². The van der Waals surface area contributed by atoms with Gasteiger partial charge in [-0.15, -0.1) is 0 Å². The second-order valence-electron chi connectivity index (χ2n) is 4.19. The summed E-state index contributed by atoms with van der Waals surface area (Å²) in [5.74, 6) is 0.250. The molecular weight excluding hydrogens is 240 g/mol. The Balaban J connectivity index is 2.13. The van der Waals surface area contributed by atoms with Gasteiger partial charge in [-0.1, -0.05) is 12.1 Å². The standard InChI is InChI=1S/C13H19F2NO2/c1-10(16-6-7-18-9-13(14)15)8-11-2-4-12(17)5-3-11/h2-5,10,13,16-17H,6-9H2,1H3. The molecule has 1 atom stereocenters. The molecule has 1 aromatic carbocycles. The maximum absolute atomic E-state index is 11.8. The minimum absolute atomic E-state index is 0.227. The number of halogens is 2. The monoisotopic (exact) mass is 259 g/mol. The smallest absolute Gasteiger partial charge is 0.261 e. The predicted octanol–water partition coefficient (Wildman–Crippen LogP) is 2.19. The zero-order valence-corrected chi connectivity index (χ0v) is 10.4. The number of benzene rings is 1. The second kappa shape index (κ2) is 8.00. The second-order valence-corrected chi connectivity index (χ2v) is 4.19. The molecule has 0 amide bonds. The highest BCUT2D eigenvalue weighted by molar-refractivity contribution is 5.26. The molecule has 0 aromatic heterocycles. The summed E-state index contributed by atoms with van der Waals surface area (Å²) in [6.07, 6.45) is -1.59. The molecule has 0 aliphatic rings. The minimum atomic E-state index is -2.40. The number of hydrogen-bond donors (Lipinski definition) is 2. The Labute approximate surface area is 106 Å². The molecule has 0 aliphatic carbocycles. The van der Waals surface area contributed by atoms with E-state index in [4.69, 9.17) is 9.84 Å². The molecule has 0 saturated heterocycles. The first-order valence-electron chi connectivity index (χ1n) is 5.95. The van der Waals surface area contributed by atoms with Crippen LogP contribution in [-0.4, -0.2) is 37.3 Å². The van der Waals surface area contributed by atoms with Crippen LogP contribution in [0.15, 0.2) is 24.3 Å². The number of phenols is 1. The van der Waals surface area contributed by atoms with Crippen molar-refractivity contribution in [2.75, 3.05) is 19.8 Å². The highest BCUT2D eigenvalue weighted by atomic mass is 19.3. The number of rotatable bonds is 8. The maximum Gasteiger partial charge on any atom is 0.261 e. The molecule has 1 rings (SSSR count). The fourth-order valence-electron chi connectivity index (χ4n) is 1.61. The zero-order chi connectivity index (χ0) is 13.4. The third-order valence-electron chi connectivity index (χ3n) is 2.46. The Kier molecular flexibility index (Phi) is 6.60. The normalized spacial score (nSPS) is 12.9. The van der Waals surface area contributed by atoms with Crippen molar-refractivity contribution < 1.29 is 18.6 Å². The van der Waals surface area contributed by atoms with Gasteiger partial charge in [-0.05, 0) is 31.0 Å². The van der Waals surface area contributed by atoms with Crippen molar-refractivity contribution in [1.29, 1.82) is 0 Å². The summed E-state index contributed by atoms with van der Waals surface area (Å²) in [6, 6.07) is 7.24. The summed E-state index contributed by atoms with van der Waals surface area (Å²) < 4.78 is 28.3. The van der Waals surface area contributed by atoms with Crippen molar-refractivity contribution in [1.82, 2.24) is 5.32 Å². The van der Waals surface area contributed by atoms with Crippen LogP contribution < -0.4 is 5.32 Å².